The van der Waals surface area contributed by atoms with Crippen molar-refractivity contribution < 1.29 is 14.7 Å². The Morgan fingerprint density at radius 3 is 2.41 bits per heavy atom. The van der Waals surface area contributed by atoms with Gasteiger partial charge in [0.1, 0.15) is 5.75 Å². The van der Waals surface area contributed by atoms with Crippen molar-refractivity contribution in [2.45, 2.75) is 19.8 Å². The predicted octanol–water partition coefficient (Wildman–Crippen LogP) is 4.75. The number of hydrogen-bond donors (Lipinski definition) is 3. The molecule has 0 heterocycles. The Labute approximate surface area is 178 Å². The van der Waals surface area contributed by atoms with Gasteiger partial charge in [0.05, 0.1) is 15.2 Å². The van der Waals surface area contributed by atoms with Crippen LogP contribution in [0.15, 0.2) is 44.4 Å². The lowest BCUT2D eigenvalue weighted by Gasteiger charge is -2.08. The number of carbonyl (C=O) groups excluding carboxylic acids is 2. The molecule has 0 spiro atoms. The van der Waals surface area contributed by atoms with E-state index in [9.17, 15) is 14.7 Å². The number of phenols is 1. The van der Waals surface area contributed by atoms with Gasteiger partial charge in [-0.3, -0.25) is 9.59 Å². The highest BCUT2D eigenvalue weighted by atomic mass is 79.9. The van der Waals surface area contributed by atoms with E-state index in [1.807, 2.05) is 6.92 Å². The van der Waals surface area contributed by atoms with Crippen LogP contribution in [0.1, 0.15) is 24.0 Å². The molecule has 0 bridgehead atoms. The Bertz CT molecular complexity index is 880. The van der Waals surface area contributed by atoms with E-state index in [4.69, 9.17) is 11.6 Å². The summed E-state index contributed by atoms with van der Waals surface area (Å²) in [5, 5.41) is 16.8. The lowest BCUT2D eigenvalue weighted by atomic mass is 10.2. The third-order valence-corrected chi connectivity index (χ3v) is 4.93. The van der Waals surface area contributed by atoms with E-state index in [-0.39, 0.29) is 30.4 Å². The number of halogens is 3. The maximum absolute atomic E-state index is 12.0. The zero-order valence-corrected chi connectivity index (χ0v) is 18.2. The molecule has 9 heteroatoms. The average Bonchev–Trinajstić information content (AvgIpc) is 2.60. The van der Waals surface area contributed by atoms with Crippen LogP contribution in [0.25, 0.3) is 0 Å². The number of aryl methyl sites for hydroxylation is 1. The van der Waals surface area contributed by atoms with Gasteiger partial charge in [0.2, 0.25) is 11.8 Å². The molecule has 142 valence electrons. The van der Waals surface area contributed by atoms with Crippen molar-refractivity contribution in [1.82, 2.24) is 5.43 Å². The topological polar surface area (TPSA) is 90.8 Å². The Hall–Kier alpha value is -1.90. The number of carbonyl (C=O) groups is 2. The Morgan fingerprint density at radius 1 is 1.15 bits per heavy atom. The van der Waals surface area contributed by atoms with Crippen molar-refractivity contribution in [3.8, 4) is 5.75 Å². The largest absolute Gasteiger partial charge is 0.506 e. The van der Waals surface area contributed by atoms with Crippen molar-refractivity contribution in [3.63, 3.8) is 0 Å². The van der Waals surface area contributed by atoms with Crippen molar-refractivity contribution in [2.75, 3.05) is 5.32 Å². The fraction of sp³-hybridized carbons (Fsp3) is 0.167. The van der Waals surface area contributed by atoms with Crippen LogP contribution < -0.4 is 10.7 Å². The van der Waals surface area contributed by atoms with Gasteiger partial charge in [-0.25, -0.2) is 5.43 Å². The van der Waals surface area contributed by atoms with Gasteiger partial charge in [0, 0.05) is 23.6 Å². The van der Waals surface area contributed by atoms with Gasteiger partial charge in [0.15, 0.2) is 0 Å². The van der Waals surface area contributed by atoms with Crippen LogP contribution in [0, 0.1) is 6.92 Å². The molecular formula is C18H16Br2ClN3O3. The number of aromatic hydroxyl groups is 1. The zero-order chi connectivity index (χ0) is 20.0. The number of nitrogens with zero attached hydrogens (tertiary/aromatic N) is 1. The highest BCUT2D eigenvalue weighted by Crippen LogP contribution is 2.32. The highest BCUT2D eigenvalue weighted by molar-refractivity contribution is 9.11. The van der Waals surface area contributed by atoms with Crippen molar-refractivity contribution >= 4 is 67.2 Å². The molecular weight excluding hydrogens is 501 g/mol. The van der Waals surface area contributed by atoms with Gasteiger partial charge in [-0.15, -0.1) is 0 Å². The minimum absolute atomic E-state index is 0.00121. The molecule has 0 fully saturated rings. The third-order valence-electron chi connectivity index (χ3n) is 3.48. The van der Waals surface area contributed by atoms with Crippen LogP contribution in [-0.2, 0) is 9.59 Å². The van der Waals surface area contributed by atoms with Gasteiger partial charge in [-0.05, 0) is 80.2 Å². The zero-order valence-electron chi connectivity index (χ0n) is 14.2. The van der Waals surface area contributed by atoms with Crippen molar-refractivity contribution in [1.29, 1.82) is 0 Å². The highest BCUT2D eigenvalue weighted by Gasteiger charge is 2.09. The Morgan fingerprint density at radius 2 is 1.78 bits per heavy atom. The number of phenolic OH excluding ortho intramolecular Hbond substituents is 1. The Kier molecular flexibility index (Phi) is 7.82. The monoisotopic (exact) mass is 515 g/mol. The molecule has 0 aliphatic rings. The third kappa shape index (κ3) is 6.64. The quantitative estimate of drug-likeness (QED) is 0.382. The first kappa shape index (κ1) is 21.4. The van der Waals surface area contributed by atoms with E-state index >= 15 is 0 Å². The fourth-order valence-electron chi connectivity index (χ4n) is 2.10. The SMILES string of the molecule is Cc1cc(Cl)ccc1NC(=O)CCC(=O)N/N=C\c1cc(Br)c(O)c(Br)c1. The lowest BCUT2D eigenvalue weighted by molar-refractivity contribution is -0.124. The molecule has 27 heavy (non-hydrogen) atoms. The van der Waals surface area contributed by atoms with Crippen LogP contribution in [-0.4, -0.2) is 23.1 Å². The summed E-state index contributed by atoms with van der Waals surface area (Å²) >= 11 is 12.3. The number of hydrazone groups is 1. The van der Waals surface area contributed by atoms with Crippen LogP contribution in [0.4, 0.5) is 5.69 Å². The summed E-state index contributed by atoms with van der Waals surface area (Å²) in [7, 11) is 0. The number of rotatable bonds is 6. The van der Waals surface area contributed by atoms with Crippen molar-refractivity contribution in [3.05, 3.63) is 55.4 Å². The van der Waals surface area contributed by atoms with Crippen LogP contribution in [0.3, 0.4) is 0 Å². The number of amides is 2. The van der Waals surface area contributed by atoms with Crippen molar-refractivity contribution in [2.24, 2.45) is 5.10 Å². The van der Waals surface area contributed by atoms with E-state index in [1.165, 1.54) is 6.21 Å². The minimum Gasteiger partial charge on any atom is -0.506 e. The normalized spacial score (nSPS) is 10.8. The Balaban J connectivity index is 1.81. The summed E-state index contributed by atoms with van der Waals surface area (Å²) in [6.45, 7) is 1.84. The van der Waals surface area contributed by atoms with Gasteiger partial charge < -0.3 is 10.4 Å². The molecule has 3 N–H and O–H groups in total. The molecule has 2 aromatic rings. The molecule has 0 saturated carbocycles. The summed E-state index contributed by atoms with van der Waals surface area (Å²) < 4.78 is 0.998. The van der Waals surface area contributed by atoms with Gasteiger partial charge in [-0.1, -0.05) is 11.6 Å². The minimum atomic E-state index is -0.383. The molecule has 0 saturated heterocycles. The summed E-state index contributed by atoms with van der Waals surface area (Å²) in [6, 6.07) is 8.45. The van der Waals surface area contributed by atoms with Gasteiger partial charge in [-0.2, -0.15) is 5.10 Å². The number of nitrogens with one attached hydrogen (secondary N) is 2. The summed E-state index contributed by atoms with van der Waals surface area (Å²) in [4.78, 5) is 23.8. The maximum Gasteiger partial charge on any atom is 0.240 e. The predicted molar refractivity (Wildman–Crippen MR) is 113 cm³/mol. The van der Waals surface area contributed by atoms with Crippen LogP contribution >= 0.6 is 43.5 Å². The molecule has 0 unspecified atom stereocenters. The molecule has 0 aliphatic heterocycles. The van der Waals surface area contributed by atoms with Gasteiger partial charge >= 0.3 is 0 Å². The van der Waals surface area contributed by atoms with Gasteiger partial charge in [0.25, 0.3) is 0 Å². The molecule has 2 aromatic carbocycles. The number of anilines is 1. The molecule has 6 nitrogen and oxygen atoms in total. The maximum atomic E-state index is 12.0. The van der Waals surface area contributed by atoms with Crippen LogP contribution in [0.2, 0.25) is 5.02 Å². The number of benzene rings is 2. The standard InChI is InChI=1S/C18H16Br2ClN3O3/c1-10-6-12(21)2-3-15(10)23-16(25)4-5-17(26)24-22-9-11-7-13(19)18(27)14(20)8-11/h2-3,6-9,27H,4-5H2,1H3,(H,23,25)(H,24,26)/b22-9-. The molecule has 0 radical (unpaired) electrons. The van der Waals surface area contributed by atoms with E-state index in [1.54, 1.807) is 30.3 Å². The smallest absolute Gasteiger partial charge is 0.240 e. The van der Waals surface area contributed by atoms with E-state index < -0.39 is 0 Å². The second-order valence-corrected chi connectivity index (χ2v) is 7.78. The first-order chi connectivity index (χ1) is 12.8. The number of hydrogen-bond acceptors (Lipinski definition) is 4. The second kappa shape index (κ2) is 9.87. The van der Waals surface area contributed by atoms with Crippen LogP contribution in [0.5, 0.6) is 5.75 Å². The summed E-state index contributed by atoms with van der Waals surface area (Å²) in [5.41, 5.74) is 4.53. The summed E-state index contributed by atoms with van der Waals surface area (Å²) in [6.07, 6.45) is 1.46. The molecule has 2 amide bonds. The fourth-order valence-corrected chi connectivity index (χ4v) is 3.55. The van der Waals surface area contributed by atoms with E-state index in [0.717, 1.165) is 5.56 Å². The second-order valence-electron chi connectivity index (χ2n) is 5.63. The van der Waals surface area contributed by atoms with E-state index in [2.05, 4.69) is 47.7 Å². The first-order valence-electron chi connectivity index (χ1n) is 7.82. The molecule has 0 aliphatic carbocycles. The first-order valence-corrected chi connectivity index (χ1v) is 9.78. The molecule has 2 rings (SSSR count). The molecule has 0 aromatic heterocycles. The lowest BCUT2D eigenvalue weighted by Crippen LogP contribution is -2.20. The summed E-state index contributed by atoms with van der Waals surface area (Å²) in [5.74, 6) is -0.574. The average molecular weight is 518 g/mol. The molecule has 0 atom stereocenters. The van der Waals surface area contributed by atoms with E-state index in [0.29, 0.717) is 25.2 Å².